The zero-order chi connectivity index (χ0) is 9.26. The van der Waals surface area contributed by atoms with E-state index >= 15 is 0 Å². The largest absolute Gasteiger partial charge is 0.300 e. The Balaban J connectivity index is 1.99. The fraction of sp³-hybridized carbons (Fsp3) is 0.909. The average Bonchev–Trinajstić information content (AvgIpc) is 2.88. The second kappa shape index (κ2) is 3.69. The first-order valence-electron chi connectivity index (χ1n) is 5.59. The van der Waals surface area contributed by atoms with Crippen LogP contribution >= 0.6 is 0 Å². The Kier molecular flexibility index (Phi) is 2.56. The zero-order valence-corrected chi connectivity index (χ0v) is 8.79. The highest BCUT2D eigenvalue weighted by atomic mass is 15.4. The highest BCUT2D eigenvalue weighted by Crippen LogP contribution is 2.43. The van der Waals surface area contributed by atoms with Crippen LogP contribution in [0, 0.1) is 11.8 Å². The van der Waals surface area contributed by atoms with Crippen LogP contribution in [0.1, 0.15) is 39.0 Å². The van der Waals surface area contributed by atoms with Gasteiger partial charge in [-0.05, 0) is 44.9 Å². The first-order valence-corrected chi connectivity index (χ1v) is 5.59. The van der Waals surface area contributed by atoms with E-state index in [4.69, 9.17) is 0 Å². The highest BCUT2D eigenvalue weighted by Gasteiger charge is 2.37. The number of hydrogen-bond acceptors (Lipinski definition) is 2. The van der Waals surface area contributed by atoms with Crippen molar-refractivity contribution >= 4 is 5.71 Å². The van der Waals surface area contributed by atoms with Crippen LogP contribution in [-0.4, -0.2) is 24.3 Å². The van der Waals surface area contributed by atoms with Crippen molar-refractivity contribution in [3.05, 3.63) is 0 Å². The van der Waals surface area contributed by atoms with Gasteiger partial charge in [0.1, 0.15) is 0 Å². The van der Waals surface area contributed by atoms with Crippen molar-refractivity contribution in [2.45, 2.75) is 39.0 Å². The summed E-state index contributed by atoms with van der Waals surface area (Å²) in [5.41, 5.74) is 1.49. The normalized spacial score (nSPS) is 31.2. The topological polar surface area (TPSA) is 15.6 Å². The molecule has 0 heterocycles. The molecule has 0 N–H and O–H groups in total. The quantitative estimate of drug-likeness (QED) is 0.609. The molecular weight excluding hydrogens is 160 g/mol. The summed E-state index contributed by atoms with van der Waals surface area (Å²) in [5, 5.41) is 6.77. The third-order valence-corrected chi connectivity index (χ3v) is 3.32. The molecule has 1 atom stereocenters. The number of nitrogens with zero attached hydrogens (tertiary/aromatic N) is 2. The lowest BCUT2D eigenvalue weighted by Gasteiger charge is -2.14. The van der Waals surface area contributed by atoms with Gasteiger partial charge in [-0.1, -0.05) is 0 Å². The molecule has 0 radical (unpaired) electrons. The maximum atomic E-state index is 4.69. The van der Waals surface area contributed by atoms with Gasteiger partial charge in [0, 0.05) is 25.2 Å². The van der Waals surface area contributed by atoms with E-state index < -0.39 is 0 Å². The van der Waals surface area contributed by atoms with Crippen LogP contribution < -0.4 is 0 Å². The number of hydrazone groups is 1. The summed E-state index contributed by atoms with van der Waals surface area (Å²) >= 11 is 0. The van der Waals surface area contributed by atoms with Crippen LogP contribution in [0.2, 0.25) is 0 Å². The minimum Gasteiger partial charge on any atom is -0.300 e. The minimum absolute atomic E-state index is 0.856. The van der Waals surface area contributed by atoms with Crippen molar-refractivity contribution in [2.75, 3.05) is 13.6 Å². The molecule has 0 aromatic heterocycles. The Morgan fingerprint density at radius 1 is 1.38 bits per heavy atom. The summed E-state index contributed by atoms with van der Waals surface area (Å²) in [6.07, 6.45) is 6.95. The summed E-state index contributed by atoms with van der Waals surface area (Å²) in [6, 6.07) is 0. The lowest BCUT2D eigenvalue weighted by atomic mass is 10.0. The molecule has 2 saturated carbocycles. The predicted octanol–water partition coefficient (Wildman–Crippen LogP) is 2.50. The van der Waals surface area contributed by atoms with Crippen molar-refractivity contribution < 1.29 is 0 Å². The van der Waals surface area contributed by atoms with Gasteiger partial charge in [-0.15, -0.1) is 0 Å². The van der Waals surface area contributed by atoms with E-state index in [0.29, 0.717) is 0 Å². The van der Waals surface area contributed by atoms with E-state index in [1.807, 2.05) is 0 Å². The molecule has 2 nitrogen and oxygen atoms in total. The van der Waals surface area contributed by atoms with E-state index in [1.165, 1.54) is 37.8 Å². The molecule has 1 unspecified atom stereocenters. The monoisotopic (exact) mass is 180 g/mol. The first kappa shape index (κ1) is 9.04. The Bertz CT molecular complexity index is 206. The molecule has 0 bridgehead atoms. The summed E-state index contributed by atoms with van der Waals surface area (Å²) in [5.74, 6) is 1.86. The van der Waals surface area contributed by atoms with Crippen molar-refractivity contribution in [1.29, 1.82) is 0 Å². The summed E-state index contributed by atoms with van der Waals surface area (Å²) < 4.78 is 0. The smallest absolute Gasteiger partial charge is 0.0414 e. The molecule has 13 heavy (non-hydrogen) atoms. The van der Waals surface area contributed by atoms with Crippen LogP contribution in [0.3, 0.4) is 0 Å². The molecule has 2 fully saturated rings. The summed E-state index contributed by atoms with van der Waals surface area (Å²) in [4.78, 5) is 0. The van der Waals surface area contributed by atoms with Gasteiger partial charge in [-0.2, -0.15) is 5.10 Å². The third-order valence-electron chi connectivity index (χ3n) is 3.32. The third kappa shape index (κ3) is 2.04. The second-order valence-electron chi connectivity index (χ2n) is 4.40. The standard InChI is InChI=1S/C11H20N2/c1-3-13(2)12-11-6-4-5-10(11)9-7-8-9/h9-10H,3-8H2,1-2H3/b12-11-. The van der Waals surface area contributed by atoms with Crippen LogP contribution in [0.15, 0.2) is 5.10 Å². The molecular formula is C11H20N2. The van der Waals surface area contributed by atoms with Crippen molar-refractivity contribution in [2.24, 2.45) is 16.9 Å². The fourth-order valence-corrected chi connectivity index (χ4v) is 2.28. The molecule has 2 aliphatic carbocycles. The average molecular weight is 180 g/mol. The second-order valence-corrected chi connectivity index (χ2v) is 4.40. The molecule has 0 aromatic carbocycles. The van der Waals surface area contributed by atoms with Gasteiger partial charge in [-0.25, -0.2) is 0 Å². The molecule has 0 aliphatic heterocycles. The maximum Gasteiger partial charge on any atom is 0.0414 e. The van der Waals surface area contributed by atoms with E-state index in [-0.39, 0.29) is 0 Å². The molecule has 2 heteroatoms. The molecule has 2 rings (SSSR count). The molecule has 0 amide bonds. The minimum atomic E-state index is 0.856. The van der Waals surface area contributed by atoms with Crippen LogP contribution in [0.4, 0.5) is 0 Å². The van der Waals surface area contributed by atoms with Gasteiger partial charge in [0.25, 0.3) is 0 Å². The van der Waals surface area contributed by atoms with Crippen molar-refractivity contribution in [1.82, 2.24) is 5.01 Å². The Hall–Kier alpha value is -0.530. The zero-order valence-electron chi connectivity index (χ0n) is 8.79. The van der Waals surface area contributed by atoms with Crippen LogP contribution in [0.25, 0.3) is 0 Å². The van der Waals surface area contributed by atoms with E-state index in [9.17, 15) is 0 Å². The Morgan fingerprint density at radius 3 is 2.77 bits per heavy atom. The van der Waals surface area contributed by atoms with Gasteiger partial charge in [0.15, 0.2) is 0 Å². The molecule has 0 spiro atoms. The first-order chi connectivity index (χ1) is 6.31. The van der Waals surface area contributed by atoms with Crippen LogP contribution in [-0.2, 0) is 0 Å². The summed E-state index contributed by atoms with van der Waals surface area (Å²) in [7, 11) is 2.08. The van der Waals surface area contributed by atoms with Gasteiger partial charge < -0.3 is 5.01 Å². The van der Waals surface area contributed by atoms with Gasteiger partial charge in [-0.3, -0.25) is 0 Å². The Morgan fingerprint density at radius 2 is 2.15 bits per heavy atom. The lowest BCUT2D eigenvalue weighted by Crippen LogP contribution is -2.17. The van der Waals surface area contributed by atoms with Crippen molar-refractivity contribution in [3.63, 3.8) is 0 Å². The predicted molar refractivity (Wildman–Crippen MR) is 55.8 cm³/mol. The maximum absolute atomic E-state index is 4.69. The van der Waals surface area contributed by atoms with Crippen LogP contribution in [0.5, 0.6) is 0 Å². The fourth-order valence-electron chi connectivity index (χ4n) is 2.28. The van der Waals surface area contributed by atoms with E-state index in [1.54, 1.807) is 0 Å². The van der Waals surface area contributed by atoms with E-state index in [2.05, 4.69) is 24.1 Å². The highest BCUT2D eigenvalue weighted by molar-refractivity contribution is 5.88. The number of rotatable bonds is 3. The van der Waals surface area contributed by atoms with Crippen molar-refractivity contribution in [3.8, 4) is 0 Å². The van der Waals surface area contributed by atoms with E-state index in [0.717, 1.165) is 18.4 Å². The number of hydrogen-bond donors (Lipinski definition) is 0. The Labute approximate surface area is 81.0 Å². The van der Waals surface area contributed by atoms with Gasteiger partial charge in [0.2, 0.25) is 0 Å². The van der Waals surface area contributed by atoms with Gasteiger partial charge in [0.05, 0.1) is 0 Å². The lowest BCUT2D eigenvalue weighted by molar-refractivity contribution is 0.370. The van der Waals surface area contributed by atoms with Gasteiger partial charge >= 0.3 is 0 Å². The summed E-state index contributed by atoms with van der Waals surface area (Å²) in [6.45, 7) is 3.19. The molecule has 2 aliphatic rings. The molecule has 0 aromatic rings. The molecule has 0 saturated heterocycles. The molecule has 74 valence electrons. The SMILES string of the molecule is CCN(C)/N=C1/CCCC1C1CC1.